The first-order chi connectivity index (χ1) is 8.96. The minimum absolute atomic E-state index is 0.0289. The van der Waals surface area contributed by atoms with Gasteiger partial charge in [0.1, 0.15) is 5.82 Å². The van der Waals surface area contributed by atoms with Crippen LogP contribution in [0.4, 0.5) is 15.2 Å². The fourth-order valence-electron chi connectivity index (χ4n) is 1.54. The Kier molecular flexibility index (Phi) is 3.67. The van der Waals surface area contributed by atoms with Crippen molar-refractivity contribution in [3.05, 3.63) is 30.1 Å². The van der Waals surface area contributed by atoms with Crippen molar-refractivity contribution in [3.63, 3.8) is 0 Å². The van der Waals surface area contributed by atoms with Crippen molar-refractivity contribution in [2.24, 2.45) is 0 Å². The summed E-state index contributed by atoms with van der Waals surface area (Å²) in [6, 6.07) is 5.63. The molecule has 1 aromatic heterocycles. The Morgan fingerprint density at radius 3 is 2.58 bits per heavy atom. The van der Waals surface area contributed by atoms with Crippen LogP contribution in [0.2, 0.25) is 0 Å². The van der Waals surface area contributed by atoms with Gasteiger partial charge in [-0.2, -0.15) is 8.42 Å². The van der Waals surface area contributed by atoms with Gasteiger partial charge in [-0.3, -0.25) is 4.31 Å². The minimum Gasteiger partial charge on any atom is -0.374 e. The number of nitrogen functional groups attached to an aromatic ring is 1. The van der Waals surface area contributed by atoms with E-state index >= 15 is 0 Å². The van der Waals surface area contributed by atoms with Crippen molar-refractivity contribution < 1.29 is 12.8 Å². The molecule has 0 bridgehead atoms. The third-order valence-electron chi connectivity index (χ3n) is 2.34. The van der Waals surface area contributed by atoms with Crippen molar-refractivity contribution in [1.29, 1.82) is 0 Å². The van der Waals surface area contributed by atoms with Crippen molar-refractivity contribution in [2.75, 3.05) is 16.6 Å². The van der Waals surface area contributed by atoms with Gasteiger partial charge in [0.05, 0.1) is 5.69 Å². The number of anilines is 2. The third kappa shape index (κ3) is 2.51. The summed E-state index contributed by atoms with van der Waals surface area (Å²) in [6.07, 6.45) is 0. The number of rotatable bonds is 4. The molecule has 0 amide bonds. The molecule has 0 saturated carbocycles. The van der Waals surface area contributed by atoms with Crippen LogP contribution >= 0.6 is 11.3 Å². The first-order valence-electron chi connectivity index (χ1n) is 5.33. The molecule has 0 saturated heterocycles. The summed E-state index contributed by atoms with van der Waals surface area (Å²) in [5, 5.41) is 7.01. The predicted molar refractivity (Wildman–Crippen MR) is 70.9 cm³/mol. The van der Waals surface area contributed by atoms with Gasteiger partial charge in [0.25, 0.3) is 14.4 Å². The van der Waals surface area contributed by atoms with E-state index in [0.29, 0.717) is 0 Å². The molecule has 1 aromatic carbocycles. The molecule has 102 valence electrons. The van der Waals surface area contributed by atoms with Gasteiger partial charge < -0.3 is 5.73 Å². The Morgan fingerprint density at radius 2 is 2.05 bits per heavy atom. The summed E-state index contributed by atoms with van der Waals surface area (Å²) in [5.41, 5.74) is 5.34. The molecule has 6 nitrogen and oxygen atoms in total. The van der Waals surface area contributed by atoms with Gasteiger partial charge in [-0.25, -0.2) is 4.39 Å². The highest BCUT2D eigenvalue weighted by Crippen LogP contribution is 2.27. The van der Waals surface area contributed by atoms with Crippen LogP contribution in [0.1, 0.15) is 6.92 Å². The number of hydrogen-bond acceptors (Lipinski definition) is 6. The maximum atomic E-state index is 13.7. The molecule has 2 aromatic rings. The molecule has 9 heteroatoms. The third-order valence-corrected chi connectivity index (χ3v) is 5.33. The number of halogens is 1. The summed E-state index contributed by atoms with van der Waals surface area (Å²) in [4.78, 5) is 0. The average Bonchev–Trinajstić information content (AvgIpc) is 2.80. The van der Waals surface area contributed by atoms with Gasteiger partial charge >= 0.3 is 0 Å². The van der Waals surface area contributed by atoms with E-state index in [-0.39, 0.29) is 21.7 Å². The zero-order valence-electron chi connectivity index (χ0n) is 9.95. The number of nitrogens with two attached hydrogens (primary N) is 1. The van der Waals surface area contributed by atoms with Crippen molar-refractivity contribution in [2.45, 2.75) is 11.3 Å². The van der Waals surface area contributed by atoms with Crippen LogP contribution in [-0.2, 0) is 10.0 Å². The van der Waals surface area contributed by atoms with Crippen molar-refractivity contribution >= 4 is 32.2 Å². The summed E-state index contributed by atoms with van der Waals surface area (Å²) >= 11 is 0.742. The minimum atomic E-state index is -3.95. The van der Waals surface area contributed by atoms with E-state index in [9.17, 15) is 12.8 Å². The Balaban J connectivity index is 2.51. The predicted octanol–water partition coefficient (Wildman–Crippen LogP) is 1.47. The first kappa shape index (κ1) is 13.7. The van der Waals surface area contributed by atoms with Gasteiger partial charge in [-0.15, -0.1) is 10.2 Å². The van der Waals surface area contributed by atoms with E-state index in [2.05, 4.69) is 10.2 Å². The fourth-order valence-corrected chi connectivity index (χ4v) is 3.91. The summed E-state index contributed by atoms with van der Waals surface area (Å²) in [7, 11) is -3.95. The van der Waals surface area contributed by atoms with E-state index < -0.39 is 15.8 Å². The standard InChI is InChI=1S/C10H11FN4O2S2/c1-2-15(8-6-4-3-5-7(8)11)19(16,17)10-14-13-9(12)18-10/h3-6H,2H2,1H3,(H2,12,13). The van der Waals surface area contributed by atoms with Gasteiger partial charge in [-0.05, 0) is 19.1 Å². The van der Waals surface area contributed by atoms with Gasteiger partial charge in [0, 0.05) is 6.54 Å². The molecule has 0 aliphatic rings. The second-order valence-corrected chi connectivity index (χ2v) is 6.57. The summed E-state index contributed by atoms with van der Waals surface area (Å²) in [6.45, 7) is 1.68. The highest BCUT2D eigenvalue weighted by molar-refractivity contribution is 7.94. The van der Waals surface area contributed by atoms with Crippen LogP contribution in [0.15, 0.2) is 28.6 Å². The second-order valence-electron chi connectivity index (χ2n) is 3.53. The summed E-state index contributed by atoms with van der Waals surface area (Å²) in [5.74, 6) is -0.620. The summed E-state index contributed by atoms with van der Waals surface area (Å²) < 4.78 is 39.1. The number of para-hydroxylation sites is 1. The molecule has 0 spiro atoms. The maximum absolute atomic E-state index is 13.7. The highest BCUT2D eigenvalue weighted by atomic mass is 32.2. The number of aromatic nitrogens is 2. The molecule has 0 fully saturated rings. The van der Waals surface area contributed by atoms with Crippen LogP contribution in [0.5, 0.6) is 0 Å². The molecule has 2 N–H and O–H groups in total. The van der Waals surface area contributed by atoms with E-state index in [1.807, 2.05) is 0 Å². The van der Waals surface area contributed by atoms with E-state index in [0.717, 1.165) is 15.6 Å². The SMILES string of the molecule is CCN(c1ccccc1F)S(=O)(=O)c1nnc(N)s1. The molecule has 19 heavy (non-hydrogen) atoms. The normalized spacial score (nSPS) is 11.5. The Morgan fingerprint density at radius 1 is 1.37 bits per heavy atom. The fraction of sp³-hybridized carbons (Fsp3) is 0.200. The quantitative estimate of drug-likeness (QED) is 0.924. The topological polar surface area (TPSA) is 89.2 Å². The Hall–Kier alpha value is -1.74. The molecule has 2 rings (SSSR count). The molecular formula is C10H11FN4O2S2. The lowest BCUT2D eigenvalue weighted by Gasteiger charge is -2.21. The molecule has 0 atom stereocenters. The molecule has 0 radical (unpaired) electrons. The Bertz CT molecular complexity index is 686. The largest absolute Gasteiger partial charge is 0.374 e. The number of nitrogens with zero attached hydrogens (tertiary/aromatic N) is 3. The Labute approximate surface area is 113 Å². The zero-order chi connectivity index (χ0) is 14.0. The molecule has 0 aliphatic heterocycles. The van der Waals surface area contributed by atoms with Crippen LogP contribution in [-0.4, -0.2) is 25.2 Å². The van der Waals surface area contributed by atoms with Crippen LogP contribution in [0.25, 0.3) is 0 Å². The number of hydrogen-bond donors (Lipinski definition) is 1. The van der Waals surface area contributed by atoms with E-state index in [1.54, 1.807) is 13.0 Å². The van der Waals surface area contributed by atoms with Crippen LogP contribution in [0.3, 0.4) is 0 Å². The monoisotopic (exact) mass is 302 g/mol. The number of sulfonamides is 1. The molecule has 0 aliphatic carbocycles. The molecule has 0 unspecified atom stereocenters. The first-order valence-corrected chi connectivity index (χ1v) is 7.58. The van der Waals surface area contributed by atoms with Gasteiger partial charge in [0.15, 0.2) is 0 Å². The van der Waals surface area contributed by atoms with Gasteiger partial charge in [0.2, 0.25) is 5.13 Å². The number of benzene rings is 1. The van der Waals surface area contributed by atoms with Crippen molar-refractivity contribution in [1.82, 2.24) is 10.2 Å². The van der Waals surface area contributed by atoms with E-state index in [1.165, 1.54) is 18.2 Å². The smallest absolute Gasteiger partial charge is 0.293 e. The lowest BCUT2D eigenvalue weighted by Crippen LogP contribution is -2.31. The van der Waals surface area contributed by atoms with E-state index in [4.69, 9.17) is 5.73 Å². The van der Waals surface area contributed by atoms with Crippen molar-refractivity contribution in [3.8, 4) is 0 Å². The lowest BCUT2D eigenvalue weighted by atomic mass is 10.3. The second kappa shape index (κ2) is 5.10. The van der Waals surface area contributed by atoms with Gasteiger partial charge in [-0.1, -0.05) is 23.5 Å². The highest BCUT2D eigenvalue weighted by Gasteiger charge is 2.29. The van der Waals surface area contributed by atoms with Crippen LogP contribution in [0, 0.1) is 5.82 Å². The zero-order valence-corrected chi connectivity index (χ0v) is 11.6. The van der Waals surface area contributed by atoms with Crippen LogP contribution < -0.4 is 10.0 Å². The average molecular weight is 302 g/mol. The molecule has 1 heterocycles. The maximum Gasteiger partial charge on any atom is 0.293 e. The lowest BCUT2D eigenvalue weighted by molar-refractivity contribution is 0.584. The molecular weight excluding hydrogens is 291 g/mol.